The number of ether oxygens (including phenoxy) is 1. The summed E-state index contributed by atoms with van der Waals surface area (Å²) in [7, 11) is 0. The summed E-state index contributed by atoms with van der Waals surface area (Å²) in [6, 6.07) is 7.48. The number of nitrogens with one attached hydrogen (secondary N) is 2. The average molecular weight is 312 g/mol. The van der Waals surface area contributed by atoms with Crippen molar-refractivity contribution in [2.24, 2.45) is 0 Å². The molecule has 0 atom stereocenters. The highest BCUT2D eigenvalue weighted by Crippen LogP contribution is 2.22. The lowest BCUT2D eigenvalue weighted by Crippen LogP contribution is -3.13. The Morgan fingerprint density at radius 1 is 1.38 bits per heavy atom. The number of rotatable bonds is 6. The fourth-order valence-corrected chi connectivity index (χ4v) is 2.94. The lowest BCUT2D eigenvalue weighted by Gasteiger charge is -2.29. The van der Waals surface area contributed by atoms with E-state index in [4.69, 9.17) is 16.3 Å². The number of carbonyl (C=O) groups excluding carboxylic acids is 1. The third-order valence-electron chi connectivity index (χ3n) is 3.86. The number of amides is 1. The van der Waals surface area contributed by atoms with Crippen LogP contribution in [0.5, 0.6) is 5.75 Å². The summed E-state index contributed by atoms with van der Waals surface area (Å²) in [5.74, 6) is 0.482. The standard InChI is InChI=1S/C16H23ClN2O2/c1-2-9-19-10-7-13(8-11-19)18-16(20)12-21-15-6-4-3-5-14(15)17/h3-6,13H,2,7-12H2,1H3,(H,18,20)/p+1. The zero-order valence-electron chi connectivity index (χ0n) is 12.5. The van der Waals surface area contributed by atoms with Gasteiger partial charge >= 0.3 is 0 Å². The van der Waals surface area contributed by atoms with Crippen molar-refractivity contribution in [3.63, 3.8) is 0 Å². The minimum Gasteiger partial charge on any atom is -0.482 e. The van der Waals surface area contributed by atoms with Crippen LogP contribution in [-0.2, 0) is 4.79 Å². The summed E-state index contributed by atoms with van der Waals surface area (Å²) in [4.78, 5) is 13.6. The normalized spacial score (nSPS) is 21.8. The number of quaternary nitrogens is 1. The van der Waals surface area contributed by atoms with E-state index in [0.29, 0.717) is 10.8 Å². The second-order valence-electron chi connectivity index (χ2n) is 5.56. The van der Waals surface area contributed by atoms with Crippen molar-refractivity contribution in [2.75, 3.05) is 26.2 Å². The molecule has 116 valence electrons. The summed E-state index contributed by atoms with van der Waals surface area (Å²) in [5, 5.41) is 3.58. The van der Waals surface area contributed by atoms with Gasteiger partial charge in [-0.05, 0) is 18.6 Å². The van der Waals surface area contributed by atoms with E-state index in [1.807, 2.05) is 12.1 Å². The predicted molar refractivity (Wildman–Crippen MR) is 84.0 cm³/mol. The van der Waals surface area contributed by atoms with Gasteiger partial charge in [0.1, 0.15) is 5.75 Å². The number of halogens is 1. The fraction of sp³-hybridized carbons (Fsp3) is 0.562. The number of carbonyl (C=O) groups is 1. The van der Waals surface area contributed by atoms with E-state index >= 15 is 0 Å². The second kappa shape index (κ2) is 8.25. The van der Waals surface area contributed by atoms with Crippen LogP contribution >= 0.6 is 11.6 Å². The first-order valence-electron chi connectivity index (χ1n) is 7.69. The Kier molecular flexibility index (Phi) is 6.33. The Morgan fingerprint density at radius 2 is 2.10 bits per heavy atom. The van der Waals surface area contributed by atoms with Gasteiger partial charge in [0.15, 0.2) is 6.61 Å². The van der Waals surface area contributed by atoms with Crippen molar-refractivity contribution in [2.45, 2.75) is 32.2 Å². The van der Waals surface area contributed by atoms with Crippen LogP contribution in [0.2, 0.25) is 5.02 Å². The molecule has 0 radical (unpaired) electrons. The predicted octanol–water partition coefficient (Wildman–Crippen LogP) is 1.29. The van der Waals surface area contributed by atoms with Gasteiger partial charge in [-0.1, -0.05) is 30.7 Å². The Morgan fingerprint density at radius 3 is 2.76 bits per heavy atom. The molecular weight excluding hydrogens is 288 g/mol. The van der Waals surface area contributed by atoms with Gasteiger partial charge in [-0.25, -0.2) is 0 Å². The van der Waals surface area contributed by atoms with Crippen molar-refractivity contribution < 1.29 is 14.4 Å². The molecule has 0 spiro atoms. The molecule has 1 heterocycles. The van der Waals surface area contributed by atoms with Crippen LogP contribution < -0.4 is 15.0 Å². The van der Waals surface area contributed by atoms with Crippen molar-refractivity contribution in [1.29, 1.82) is 0 Å². The van der Waals surface area contributed by atoms with Gasteiger partial charge in [0.2, 0.25) is 0 Å². The molecule has 1 saturated heterocycles. The molecule has 1 fully saturated rings. The summed E-state index contributed by atoms with van der Waals surface area (Å²) in [5.41, 5.74) is 0. The van der Waals surface area contributed by atoms with E-state index in [1.54, 1.807) is 17.0 Å². The average Bonchev–Trinajstić information content (AvgIpc) is 2.49. The zero-order chi connectivity index (χ0) is 15.1. The maximum absolute atomic E-state index is 11.9. The smallest absolute Gasteiger partial charge is 0.258 e. The van der Waals surface area contributed by atoms with E-state index in [9.17, 15) is 4.79 Å². The number of likely N-dealkylation sites (tertiary alicyclic amines) is 1. The third-order valence-corrected chi connectivity index (χ3v) is 4.17. The first kappa shape index (κ1) is 16.1. The van der Waals surface area contributed by atoms with Gasteiger partial charge < -0.3 is 15.0 Å². The Hall–Kier alpha value is -1.26. The number of benzene rings is 1. The number of para-hydroxylation sites is 1. The van der Waals surface area contributed by atoms with Crippen LogP contribution in [0.4, 0.5) is 0 Å². The van der Waals surface area contributed by atoms with Gasteiger partial charge in [-0.2, -0.15) is 0 Å². The van der Waals surface area contributed by atoms with E-state index in [-0.39, 0.29) is 18.6 Å². The largest absolute Gasteiger partial charge is 0.482 e. The minimum absolute atomic E-state index is 0.0196. The van der Waals surface area contributed by atoms with Gasteiger partial charge in [0.05, 0.1) is 24.7 Å². The quantitative estimate of drug-likeness (QED) is 0.831. The number of hydrogen-bond acceptors (Lipinski definition) is 2. The van der Waals surface area contributed by atoms with Gasteiger partial charge in [0.25, 0.3) is 5.91 Å². The molecule has 0 aliphatic carbocycles. The molecule has 5 heteroatoms. The zero-order valence-corrected chi connectivity index (χ0v) is 13.3. The van der Waals surface area contributed by atoms with Crippen LogP contribution in [0.3, 0.4) is 0 Å². The van der Waals surface area contributed by atoms with Crippen LogP contribution in [-0.4, -0.2) is 38.2 Å². The Balaban J connectivity index is 1.70. The third kappa shape index (κ3) is 5.21. The van der Waals surface area contributed by atoms with Crippen LogP contribution in [0.15, 0.2) is 24.3 Å². The summed E-state index contributed by atoms with van der Waals surface area (Å²) < 4.78 is 5.45. The first-order chi connectivity index (χ1) is 10.2. The lowest BCUT2D eigenvalue weighted by atomic mass is 10.0. The molecule has 1 aromatic rings. The summed E-state index contributed by atoms with van der Waals surface area (Å²) in [6.07, 6.45) is 3.32. The molecule has 0 aromatic heterocycles. The highest BCUT2D eigenvalue weighted by molar-refractivity contribution is 6.32. The summed E-state index contributed by atoms with van der Waals surface area (Å²) >= 11 is 5.99. The molecule has 1 amide bonds. The molecule has 21 heavy (non-hydrogen) atoms. The highest BCUT2D eigenvalue weighted by atomic mass is 35.5. The van der Waals surface area contributed by atoms with Crippen LogP contribution in [0, 0.1) is 0 Å². The van der Waals surface area contributed by atoms with Gasteiger partial charge in [0, 0.05) is 18.9 Å². The minimum atomic E-state index is -0.0705. The van der Waals surface area contributed by atoms with Gasteiger partial charge in [-0.15, -0.1) is 0 Å². The Labute approximate surface area is 131 Å². The lowest BCUT2D eigenvalue weighted by molar-refractivity contribution is -0.905. The topological polar surface area (TPSA) is 42.8 Å². The molecular formula is C16H24ClN2O2+. The molecule has 2 N–H and O–H groups in total. The first-order valence-corrected chi connectivity index (χ1v) is 8.07. The van der Waals surface area contributed by atoms with Crippen molar-refractivity contribution in [1.82, 2.24) is 5.32 Å². The Bertz CT molecular complexity index is 459. The second-order valence-corrected chi connectivity index (χ2v) is 5.97. The molecule has 2 rings (SSSR count). The summed E-state index contributed by atoms with van der Waals surface area (Å²) in [6.45, 7) is 5.75. The SMILES string of the molecule is CCC[NH+]1CCC(NC(=O)COc2ccccc2Cl)CC1. The molecule has 0 bridgehead atoms. The van der Waals surface area contributed by atoms with Crippen molar-refractivity contribution in [3.8, 4) is 5.75 Å². The maximum Gasteiger partial charge on any atom is 0.258 e. The van der Waals surface area contributed by atoms with E-state index in [0.717, 1.165) is 25.9 Å². The van der Waals surface area contributed by atoms with E-state index in [1.165, 1.54) is 13.0 Å². The van der Waals surface area contributed by atoms with Crippen LogP contribution in [0.1, 0.15) is 26.2 Å². The van der Waals surface area contributed by atoms with Crippen molar-refractivity contribution >= 4 is 17.5 Å². The molecule has 1 aliphatic heterocycles. The fourth-order valence-electron chi connectivity index (χ4n) is 2.75. The highest BCUT2D eigenvalue weighted by Gasteiger charge is 2.22. The maximum atomic E-state index is 11.9. The number of hydrogen-bond donors (Lipinski definition) is 2. The molecule has 1 aromatic carbocycles. The number of piperidine rings is 1. The van der Waals surface area contributed by atoms with Crippen molar-refractivity contribution in [3.05, 3.63) is 29.3 Å². The van der Waals surface area contributed by atoms with E-state index in [2.05, 4.69) is 12.2 Å². The molecule has 1 aliphatic rings. The monoisotopic (exact) mass is 311 g/mol. The molecule has 0 saturated carbocycles. The van der Waals surface area contributed by atoms with E-state index < -0.39 is 0 Å². The molecule has 0 unspecified atom stereocenters. The van der Waals surface area contributed by atoms with Gasteiger partial charge in [-0.3, -0.25) is 4.79 Å². The molecule has 4 nitrogen and oxygen atoms in total. The van der Waals surface area contributed by atoms with Crippen LogP contribution in [0.25, 0.3) is 0 Å².